The number of fused-ring (bicyclic) bond motifs is 1. The predicted molar refractivity (Wildman–Crippen MR) is 74.3 cm³/mol. The summed E-state index contributed by atoms with van der Waals surface area (Å²) in [7, 11) is 0. The van der Waals surface area contributed by atoms with Crippen molar-refractivity contribution >= 4 is 11.7 Å². The first kappa shape index (κ1) is 14.0. The van der Waals surface area contributed by atoms with Crippen LogP contribution in [0.25, 0.3) is 0 Å². The Bertz CT molecular complexity index is 537. The molecule has 2 aliphatic rings. The lowest BCUT2D eigenvalue weighted by Gasteiger charge is -2.22. The highest BCUT2D eigenvalue weighted by Crippen LogP contribution is 2.25. The molecule has 1 fully saturated rings. The summed E-state index contributed by atoms with van der Waals surface area (Å²) < 4.78 is 16.2. The molecule has 1 aromatic carbocycles. The molecule has 1 atom stereocenters. The number of para-hydroxylation sites is 1. The van der Waals surface area contributed by atoms with Gasteiger partial charge >= 0.3 is 5.90 Å². The van der Waals surface area contributed by atoms with Crippen LogP contribution < -0.4 is 4.74 Å². The van der Waals surface area contributed by atoms with Gasteiger partial charge in [0.1, 0.15) is 12.4 Å². The molecule has 21 heavy (non-hydrogen) atoms. The highest BCUT2D eigenvalue weighted by molar-refractivity contribution is 6.46. The van der Waals surface area contributed by atoms with Crippen molar-refractivity contribution < 1.29 is 23.8 Å². The van der Waals surface area contributed by atoms with Crippen molar-refractivity contribution in [1.29, 1.82) is 0 Å². The molecule has 1 unspecified atom stereocenters. The van der Waals surface area contributed by atoms with Crippen LogP contribution in [0.2, 0.25) is 0 Å². The molecule has 0 aromatic heterocycles. The van der Waals surface area contributed by atoms with Gasteiger partial charge in [0, 0.05) is 6.61 Å². The van der Waals surface area contributed by atoms with E-state index in [9.17, 15) is 4.79 Å². The fourth-order valence-corrected chi connectivity index (χ4v) is 2.23. The van der Waals surface area contributed by atoms with Gasteiger partial charge in [-0.15, -0.1) is 0 Å². The van der Waals surface area contributed by atoms with Crippen molar-refractivity contribution in [2.75, 3.05) is 19.8 Å². The van der Waals surface area contributed by atoms with Gasteiger partial charge in [-0.2, -0.15) is 0 Å². The number of carbonyl (C=O) groups excluding carboxylic acids is 1. The van der Waals surface area contributed by atoms with Crippen molar-refractivity contribution in [3.8, 4) is 5.75 Å². The van der Waals surface area contributed by atoms with Crippen LogP contribution in [-0.2, 0) is 14.3 Å². The van der Waals surface area contributed by atoms with Gasteiger partial charge in [-0.1, -0.05) is 12.1 Å². The van der Waals surface area contributed by atoms with E-state index in [-0.39, 0.29) is 24.6 Å². The van der Waals surface area contributed by atoms with Crippen LogP contribution in [0.15, 0.2) is 29.4 Å². The first-order valence-electron chi connectivity index (χ1n) is 7.09. The lowest BCUT2D eigenvalue weighted by Crippen LogP contribution is -2.23. The summed E-state index contributed by atoms with van der Waals surface area (Å²) in [6.45, 7) is 1.35. The maximum absolute atomic E-state index is 11.9. The van der Waals surface area contributed by atoms with Gasteiger partial charge in [0.15, 0.2) is 6.29 Å². The van der Waals surface area contributed by atoms with Gasteiger partial charge in [0.2, 0.25) is 0 Å². The van der Waals surface area contributed by atoms with E-state index < -0.39 is 0 Å². The number of rotatable bonds is 5. The van der Waals surface area contributed by atoms with Crippen LogP contribution in [0.3, 0.4) is 0 Å². The molecule has 6 heteroatoms. The molecule has 2 heterocycles. The number of Topliss-reactive ketones (excluding diaryl/α,β-unsaturated/α-hetero) is 1. The third-order valence-electron chi connectivity index (χ3n) is 3.30. The molecule has 0 spiro atoms. The molecule has 1 aromatic rings. The average Bonchev–Trinajstić information content (AvgIpc) is 2.85. The van der Waals surface area contributed by atoms with Crippen molar-refractivity contribution in [2.24, 2.45) is 5.16 Å². The van der Waals surface area contributed by atoms with Gasteiger partial charge in [-0.25, -0.2) is 0 Å². The summed E-state index contributed by atoms with van der Waals surface area (Å²) >= 11 is 0. The van der Waals surface area contributed by atoms with E-state index in [1.807, 2.05) is 0 Å². The summed E-state index contributed by atoms with van der Waals surface area (Å²) in [5.41, 5.74) is 0.506. The third kappa shape index (κ3) is 3.40. The van der Waals surface area contributed by atoms with Gasteiger partial charge in [0.05, 0.1) is 12.2 Å². The van der Waals surface area contributed by atoms with Crippen LogP contribution in [-0.4, -0.2) is 37.8 Å². The first-order chi connectivity index (χ1) is 10.3. The van der Waals surface area contributed by atoms with Gasteiger partial charge in [-0.05, 0) is 36.6 Å². The number of carbonyl (C=O) groups is 1. The Morgan fingerprint density at radius 3 is 2.95 bits per heavy atom. The largest absolute Gasteiger partial charge is 0.433 e. The Balaban J connectivity index is 1.42. The molecule has 0 N–H and O–H groups in total. The second-order valence-electron chi connectivity index (χ2n) is 4.82. The number of ketones is 1. The molecule has 112 valence electrons. The van der Waals surface area contributed by atoms with E-state index in [1.165, 1.54) is 0 Å². The third-order valence-corrected chi connectivity index (χ3v) is 3.30. The van der Waals surface area contributed by atoms with E-state index >= 15 is 0 Å². The second kappa shape index (κ2) is 6.69. The van der Waals surface area contributed by atoms with Crippen molar-refractivity contribution in [1.82, 2.24) is 0 Å². The van der Waals surface area contributed by atoms with Gasteiger partial charge in [0.25, 0.3) is 5.78 Å². The Morgan fingerprint density at radius 1 is 1.24 bits per heavy atom. The number of benzene rings is 1. The van der Waals surface area contributed by atoms with Crippen LogP contribution >= 0.6 is 0 Å². The molecule has 6 nitrogen and oxygen atoms in total. The van der Waals surface area contributed by atoms with Gasteiger partial charge < -0.3 is 19.0 Å². The van der Waals surface area contributed by atoms with E-state index in [0.717, 1.165) is 25.9 Å². The van der Waals surface area contributed by atoms with Crippen molar-refractivity contribution in [3.05, 3.63) is 29.8 Å². The zero-order chi connectivity index (χ0) is 14.5. The SMILES string of the molecule is O=C1/C(=N/OCCOC2CCCCO2)Oc2ccccc21. The maximum Gasteiger partial charge on any atom is 0.304 e. The first-order valence-corrected chi connectivity index (χ1v) is 7.09. The monoisotopic (exact) mass is 291 g/mol. The number of nitrogens with zero attached hydrogens (tertiary/aromatic N) is 1. The molecule has 2 aliphatic heterocycles. The molecule has 0 saturated carbocycles. The molecule has 1 saturated heterocycles. The van der Waals surface area contributed by atoms with Crippen LogP contribution in [0.1, 0.15) is 29.6 Å². The minimum absolute atomic E-state index is 0.0369. The quantitative estimate of drug-likeness (QED) is 0.614. The molecule has 0 radical (unpaired) electrons. The average molecular weight is 291 g/mol. The summed E-state index contributed by atoms with van der Waals surface area (Å²) in [6.07, 6.45) is 2.97. The smallest absolute Gasteiger partial charge is 0.304 e. The summed E-state index contributed by atoms with van der Waals surface area (Å²) in [5.74, 6) is 0.212. The Kier molecular flexibility index (Phi) is 4.47. The minimum Gasteiger partial charge on any atom is -0.433 e. The fraction of sp³-hybridized carbons (Fsp3) is 0.467. The number of hydrogen-bond donors (Lipinski definition) is 0. The number of oxime groups is 1. The number of ether oxygens (including phenoxy) is 3. The topological polar surface area (TPSA) is 66.4 Å². The fourth-order valence-electron chi connectivity index (χ4n) is 2.23. The Hall–Kier alpha value is -1.92. The van der Waals surface area contributed by atoms with Crippen LogP contribution in [0, 0.1) is 0 Å². The molecule has 3 rings (SSSR count). The summed E-state index contributed by atoms with van der Waals surface area (Å²) in [5, 5.41) is 3.73. The van der Waals surface area contributed by atoms with Crippen LogP contribution in [0.5, 0.6) is 5.75 Å². The standard InChI is InChI=1S/C15H17NO5/c17-14-11-5-1-2-6-12(11)21-15(14)16-20-10-9-19-13-7-3-4-8-18-13/h1-2,5-6,13H,3-4,7-10H2/b16-15-. The lowest BCUT2D eigenvalue weighted by molar-refractivity contribution is -0.169. The Labute approximate surface area is 122 Å². The van der Waals surface area contributed by atoms with E-state index in [0.29, 0.717) is 17.9 Å². The maximum atomic E-state index is 11.9. The van der Waals surface area contributed by atoms with Crippen molar-refractivity contribution in [2.45, 2.75) is 25.6 Å². The number of hydrogen-bond acceptors (Lipinski definition) is 6. The molecule has 0 amide bonds. The summed E-state index contributed by atoms with van der Waals surface area (Å²) in [4.78, 5) is 17.0. The van der Waals surface area contributed by atoms with Gasteiger partial charge in [-0.3, -0.25) is 4.79 Å². The zero-order valence-electron chi connectivity index (χ0n) is 11.6. The Morgan fingerprint density at radius 2 is 2.14 bits per heavy atom. The van der Waals surface area contributed by atoms with E-state index in [4.69, 9.17) is 19.0 Å². The van der Waals surface area contributed by atoms with Crippen LogP contribution in [0.4, 0.5) is 0 Å². The van der Waals surface area contributed by atoms with Crippen molar-refractivity contribution in [3.63, 3.8) is 0 Å². The zero-order valence-corrected chi connectivity index (χ0v) is 11.6. The summed E-state index contributed by atoms with van der Waals surface area (Å²) in [6, 6.07) is 7.00. The lowest BCUT2D eigenvalue weighted by atomic mass is 10.1. The molecule has 0 aliphatic carbocycles. The van der Waals surface area contributed by atoms with E-state index in [2.05, 4.69) is 5.16 Å². The predicted octanol–water partition coefficient (Wildman–Crippen LogP) is 2.13. The molecule has 0 bridgehead atoms. The minimum atomic E-state index is -0.262. The highest BCUT2D eigenvalue weighted by atomic mass is 16.7. The highest BCUT2D eigenvalue weighted by Gasteiger charge is 2.29. The normalized spacial score (nSPS) is 23.0. The molecular weight excluding hydrogens is 274 g/mol. The van der Waals surface area contributed by atoms with E-state index in [1.54, 1.807) is 24.3 Å². The molecular formula is C15H17NO5. The second-order valence-corrected chi connectivity index (χ2v) is 4.82.